The molecule has 36 heavy (non-hydrogen) atoms. The molecule has 0 bridgehead atoms. The quantitative estimate of drug-likeness (QED) is 0.234. The first kappa shape index (κ1) is 25.9. The van der Waals surface area contributed by atoms with Crippen molar-refractivity contribution in [2.45, 2.75) is 0 Å². The van der Waals surface area contributed by atoms with E-state index in [1.54, 1.807) is 44.4 Å². The van der Waals surface area contributed by atoms with E-state index in [2.05, 4.69) is 31.3 Å². The molecule has 0 atom stereocenters. The van der Waals surface area contributed by atoms with Crippen LogP contribution >= 0.6 is 0 Å². The number of aliphatic imine (C=N–C) groups is 2. The average molecular weight is 483 g/mol. The number of rotatable bonds is 7. The minimum absolute atomic E-state index is 0.216. The number of carbonyl (C=O) groups is 2. The predicted octanol–water partition coefficient (Wildman–Crippen LogP) is 3.78. The van der Waals surface area contributed by atoms with Crippen LogP contribution in [0.5, 0.6) is 0 Å². The smallest absolute Gasteiger partial charge is 0.255 e. The number of nitrogens with one attached hydrogen (secondary N) is 4. The maximum Gasteiger partial charge on any atom is 0.255 e. The van der Waals surface area contributed by atoms with E-state index < -0.39 is 0 Å². The van der Waals surface area contributed by atoms with E-state index >= 15 is 0 Å². The van der Waals surface area contributed by atoms with Crippen molar-refractivity contribution in [1.82, 2.24) is 10.6 Å². The first-order valence-corrected chi connectivity index (χ1v) is 11.4. The summed E-state index contributed by atoms with van der Waals surface area (Å²) in [5, 5.41) is 11.8. The predicted molar refractivity (Wildman–Crippen MR) is 148 cm³/mol. The Hall–Kier alpha value is -4.72. The number of amidine groups is 2. The molecular weight excluding hydrogens is 452 g/mol. The molecule has 3 aromatic carbocycles. The number of benzene rings is 3. The van der Waals surface area contributed by atoms with Crippen molar-refractivity contribution >= 4 is 40.9 Å². The Labute approximate surface area is 211 Å². The summed E-state index contributed by atoms with van der Waals surface area (Å²) in [5.74, 6) is 1.08. The zero-order valence-corrected chi connectivity index (χ0v) is 20.8. The van der Waals surface area contributed by atoms with Gasteiger partial charge in [-0.2, -0.15) is 0 Å². The summed E-state index contributed by atoms with van der Waals surface area (Å²) in [4.78, 5) is 33.2. The van der Waals surface area contributed by atoms with Gasteiger partial charge in [0.2, 0.25) is 5.91 Å². The largest absolute Gasteiger partial charge is 0.373 e. The van der Waals surface area contributed by atoms with Gasteiger partial charge in [0.1, 0.15) is 11.7 Å². The first-order valence-electron chi connectivity index (χ1n) is 11.4. The Kier molecular flexibility index (Phi) is 9.11. The van der Waals surface area contributed by atoms with Gasteiger partial charge in [0.15, 0.2) is 0 Å². The fourth-order valence-corrected chi connectivity index (χ4v) is 3.50. The number of nitrogens with zero attached hydrogens (tertiary/aromatic N) is 2. The third-order valence-electron chi connectivity index (χ3n) is 5.36. The van der Waals surface area contributed by atoms with Gasteiger partial charge in [-0.25, -0.2) is 0 Å². The normalized spacial score (nSPS) is 11.8. The fourth-order valence-electron chi connectivity index (χ4n) is 3.50. The highest BCUT2D eigenvalue weighted by Gasteiger charge is 2.07. The molecule has 3 rings (SSSR count). The number of carbonyl (C=O) groups excluding carboxylic acids is 2. The lowest BCUT2D eigenvalue weighted by Gasteiger charge is -2.08. The highest BCUT2D eigenvalue weighted by Crippen LogP contribution is 2.14. The van der Waals surface area contributed by atoms with Crippen LogP contribution in [0.4, 0.5) is 11.4 Å². The molecule has 0 fully saturated rings. The summed E-state index contributed by atoms with van der Waals surface area (Å²) in [7, 11) is 7.05. The summed E-state index contributed by atoms with van der Waals surface area (Å²) in [5.41, 5.74) is 4.56. The Morgan fingerprint density at radius 3 is 1.53 bits per heavy atom. The van der Waals surface area contributed by atoms with Crippen LogP contribution < -0.4 is 21.3 Å². The summed E-state index contributed by atoms with van der Waals surface area (Å²) in [6, 6.07) is 21.9. The zero-order chi connectivity index (χ0) is 25.9. The van der Waals surface area contributed by atoms with Crippen LogP contribution in [0.3, 0.4) is 0 Å². The van der Waals surface area contributed by atoms with Gasteiger partial charge in [0.25, 0.3) is 5.91 Å². The molecule has 3 aromatic rings. The van der Waals surface area contributed by atoms with Crippen molar-refractivity contribution in [3.05, 3.63) is 101 Å². The minimum Gasteiger partial charge on any atom is -0.373 e. The van der Waals surface area contributed by atoms with Crippen molar-refractivity contribution in [3.8, 4) is 0 Å². The van der Waals surface area contributed by atoms with Crippen LogP contribution in [0, 0.1) is 0 Å². The van der Waals surface area contributed by atoms with Crippen LogP contribution in [0.25, 0.3) is 6.08 Å². The van der Waals surface area contributed by atoms with E-state index in [0.717, 1.165) is 28.4 Å². The lowest BCUT2D eigenvalue weighted by molar-refractivity contribution is -0.111. The van der Waals surface area contributed by atoms with Crippen LogP contribution in [-0.4, -0.2) is 51.7 Å². The van der Waals surface area contributed by atoms with Crippen molar-refractivity contribution in [1.29, 1.82) is 0 Å². The van der Waals surface area contributed by atoms with Crippen LogP contribution in [0.15, 0.2) is 88.9 Å². The molecule has 0 heterocycles. The summed E-state index contributed by atoms with van der Waals surface area (Å²) in [6.45, 7) is 0. The fraction of sp³-hybridized carbons (Fsp3) is 0.143. The van der Waals surface area contributed by atoms with Gasteiger partial charge in [0.05, 0.1) is 0 Å². The molecule has 0 saturated heterocycles. The second kappa shape index (κ2) is 12.7. The molecule has 184 valence electrons. The van der Waals surface area contributed by atoms with Crippen molar-refractivity contribution < 1.29 is 9.59 Å². The van der Waals surface area contributed by atoms with Crippen molar-refractivity contribution in [2.75, 3.05) is 38.8 Å². The molecule has 0 unspecified atom stereocenters. The lowest BCUT2D eigenvalue weighted by Crippen LogP contribution is -2.19. The molecule has 0 aliphatic carbocycles. The first-order chi connectivity index (χ1) is 17.5. The highest BCUT2D eigenvalue weighted by atomic mass is 16.2. The van der Waals surface area contributed by atoms with Gasteiger partial charge in [-0.15, -0.1) is 0 Å². The van der Waals surface area contributed by atoms with Gasteiger partial charge >= 0.3 is 0 Å². The molecule has 0 radical (unpaired) electrons. The number of hydrogen-bond acceptors (Lipinski definition) is 4. The summed E-state index contributed by atoms with van der Waals surface area (Å²) >= 11 is 0. The Morgan fingerprint density at radius 2 is 1.08 bits per heavy atom. The van der Waals surface area contributed by atoms with Crippen molar-refractivity contribution in [3.63, 3.8) is 0 Å². The molecular formula is C28H30N6O2. The van der Waals surface area contributed by atoms with Gasteiger partial charge < -0.3 is 21.3 Å². The monoisotopic (exact) mass is 482 g/mol. The van der Waals surface area contributed by atoms with E-state index in [1.165, 1.54) is 6.08 Å². The van der Waals surface area contributed by atoms with Crippen molar-refractivity contribution in [2.24, 2.45) is 9.98 Å². The average Bonchev–Trinajstić information content (AvgIpc) is 2.91. The minimum atomic E-state index is -0.249. The Bertz CT molecular complexity index is 1280. The maximum atomic E-state index is 12.6. The number of anilines is 2. The summed E-state index contributed by atoms with van der Waals surface area (Å²) < 4.78 is 0. The van der Waals surface area contributed by atoms with Gasteiger partial charge in [-0.3, -0.25) is 19.6 Å². The van der Waals surface area contributed by atoms with Crippen LogP contribution in [-0.2, 0) is 4.79 Å². The van der Waals surface area contributed by atoms with E-state index in [4.69, 9.17) is 0 Å². The van der Waals surface area contributed by atoms with Crippen LogP contribution in [0.2, 0.25) is 0 Å². The maximum absolute atomic E-state index is 12.6. The zero-order valence-electron chi connectivity index (χ0n) is 20.8. The molecule has 0 spiro atoms. The number of hydrogen-bond donors (Lipinski definition) is 4. The SMILES string of the molecule is CN=C(NC)c1ccc(NC(=O)C=Cc2ccc(C(=O)Nc3ccc(C(=NC)NC)cc3)cc2)cc1. The van der Waals surface area contributed by atoms with Gasteiger partial charge in [-0.05, 0) is 72.3 Å². The second-order valence-electron chi connectivity index (χ2n) is 7.70. The van der Waals surface area contributed by atoms with E-state index in [1.807, 2.05) is 62.6 Å². The highest BCUT2D eigenvalue weighted by molar-refractivity contribution is 6.05. The van der Waals surface area contributed by atoms with Crippen LogP contribution in [0.1, 0.15) is 27.0 Å². The Balaban J connectivity index is 1.56. The number of amides is 2. The van der Waals surface area contributed by atoms with E-state index in [0.29, 0.717) is 16.9 Å². The molecule has 4 N–H and O–H groups in total. The standard InChI is InChI=1S/C28H30N6O2/c1-29-26(30-2)20-10-14-23(15-11-20)33-25(35)18-7-19-5-8-22(9-6-19)28(36)34-24-16-12-21(13-17-24)27(31-3)32-4/h5-18H,1-4H3,(H,29,30)(H,31,32)(H,33,35)(H,34,36). The lowest BCUT2D eigenvalue weighted by atomic mass is 10.1. The topological polar surface area (TPSA) is 107 Å². The molecule has 0 saturated carbocycles. The van der Waals surface area contributed by atoms with E-state index in [9.17, 15) is 9.59 Å². The van der Waals surface area contributed by atoms with Gasteiger partial charge in [0, 0.05) is 62.3 Å². The molecule has 0 aliphatic heterocycles. The molecule has 8 nitrogen and oxygen atoms in total. The third-order valence-corrected chi connectivity index (χ3v) is 5.36. The molecule has 0 aromatic heterocycles. The molecule has 8 heteroatoms. The van der Waals surface area contributed by atoms with E-state index in [-0.39, 0.29) is 11.8 Å². The van der Waals surface area contributed by atoms with Gasteiger partial charge in [-0.1, -0.05) is 12.1 Å². The third kappa shape index (κ3) is 6.89. The Morgan fingerprint density at radius 1 is 0.639 bits per heavy atom. The molecule has 0 aliphatic rings. The summed E-state index contributed by atoms with van der Waals surface area (Å²) in [6.07, 6.45) is 3.15. The second-order valence-corrected chi connectivity index (χ2v) is 7.70. The molecule has 2 amide bonds.